The molecule has 220 valence electrons. The van der Waals surface area contributed by atoms with Crippen LogP contribution in [-0.2, 0) is 13.6 Å². The number of nitrogens with one attached hydrogen (secondary N) is 1. The number of amides is 1. The number of hydrogen-bond donors (Lipinski definition) is 2. The van der Waals surface area contributed by atoms with Gasteiger partial charge >= 0.3 is 0 Å². The number of anilines is 2. The molecule has 3 unspecified atom stereocenters. The molecule has 5 heterocycles. The van der Waals surface area contributed by atoms with E-state index in [2.05, 4.69) is 31.6 Å². The molecule has 8 rings (SSSR count). The highest BCUT2D eigenvalue weighted by Crippen LogP contribution is 2.40. The Labute approximate surface area is 249 Å². The first kappa shape index (κ1) is 26.2. The third-order valence-corrected chi connectivity index (χ3v) is 9.61. The number of nitrogens with zero attached hydrogens (tertiary/aromatic N) is 6. The second-order valence-corrected chi connectivity index (χ2v) is 12.5. The fourth-order valence-corrected chi connectivity index (χ4v) is 7.08. The van der Waals surface area contributed by atoms with Crippen LogP contribution in [0.5, 0.6) is 5.75 Å². The zero-order valence-corrected chi connectivity index (χ0v) is 24.7. The van der Waals surface area contributed by atoms with Gasteiger partial charge in [-0.05, 0) is 86.9 Å². The average molecular weight is 577 g/mol. The average Bonchev–Trinajstić information content (AvgIpc) is 3.42. The number of piperidine rings is 1. The number of aryl methyl sites for hydroxylation is 2. The fraction of sp³-hybridized carbons (Fsp3) is 0.394. The lowest BCUT2D eigenvalue weighted by molar-refractivity contribution is 0.0700. The van der Waals surface area contributed by atoms with Crippen LogP contribution in [0.1, 0.15) is 41.7 Å². The van der Waals surface area contributed by atoms with Crippen LogP contribution < -0.4 is 15.8 Å². The number of methoxy groups -OCH3 is 1. The van der Waals surface area contributed by atoms with E-state index in [-0.39, 0.29) is 18.0 Å². The lowest BCUT2D eigenvalue weighted by Gasteiger charge is -2.27. The van der Waals surface area contributed by atoms with E-state index in [0.29, 0.717) is 23.1 Å². The summed E-state index contributed by atoms with van der Waals surface area (Å²) in [6.07, 6.45) is 6.34. The summed E-state index contributed by atoms with van der Waals surface area (Å²) in [5, 5.41) is 4.46. The molecule has 5 aromatic rings. The molecule has 10 heteroatoms. The number of pyridine rings is 2. The number of rotatable bonds is 7. The SMILES string of the molecule is COc1cc(C(=O)N2CC3CCC2C3N)cc2nc(-c3cc4ccc(Nc5ccc(C)nc5)nc4n3CC3CC3)n(C)c12. The van der Waals surface area contributed by atoms with Gasteiger partial charge in [0.1, 0.15) is 22.7 Å². The van der Waals surface area contributed by atoms with E-state index in [9.17, 15) is 4.79 Å². The van der Waals surface area contributed by atoms with Crippen molar-refractivity contribution in [2.24, 2.45) is 24.6 Å². The van der Waals surface area contributed by atoms with E-state index in [1.54, 1.807) is 7.11 Å². The van der Waals surface area contributed by atoms with Gasteiger partial charge in [-0.15, -0.1) is 0 Å². The predicted molar refractivity (Wildman–Crippen MR) is 166 cm³/mol. The Morgan fingerprint density at radius 2 is 1.95 bits per heavy atom. The molecular formula is C33H36N8O2. The minimum atomic E-state index is 0.00547. The van der Waals surface area contributed by atoms with Crippen molar-refractivity contribution in [2.75, 3.05) is 19.0 Å². The summed E-state index contributed by atoms with van der Waals surface area (Å²) in [5.74, 6) is 3.25. The molecule has 10 nitrogen and oxygen atoms in total. The second kappa shape index (κ2) is 9.80. The van der Waals surface area contributed by atoms with Crippen molar-refractivity contribution in [3.63, 3.8) is 0 Å². The van der Waals surface area contributed by atoms with Crippen molar-refractivity contribution in [2.45, 2.75) is 51.2 Å². The number of carbonyl (C=O) groups excluding carboxylic acids is 1. The van der Waals surface area contributed by atoms with Gasteiger partial charge in [0.25, 0.3) is 5.91 Å². The van der Waals surface area contributed by atoms with Gasteiger partial charge in [0.2, 0.25) is 0 Å². The first-order valence-corrected chi connectivity index (χ1v) is 15.2. The van der Waals surface area contributed by atoms with Crippen molar-refractivity contribution in [1.29, 1.82) is 0 Å². The molecule has 4 aromatic heterocycles. The third kappa shape index (κ3) is 4.34. The first-order chi connectivity index (χ1) is 20.9. The Bertz CT molecular complexity index is 1890. The number of hydrogen-bond acceptors (Lipinski definition) is 7. The highest BCUT2D eigenvalue weighted by Gasteiger charge is 2.47. The molecular weight excluding hydrogens is 540 g/mol. The van der Waals surface area contributed by atoms with Gasteiger partial charge in [-0.2, -0.15) is 0 Å². The fourth-order valence-electron chi connectivity index (χ4n) is 7.08. The Hall–Kier alpha value is -4.44. The van der Waals surface area contributed by atoms with Crippen LogP contribution in [0.2, 0.25) is 0 Å². The van der Waals surface area contributed by atoms with E-state index in [1.807, 2.05) is 55.4 Å². The van der Waals surface area contributed by atoms with Crippen molar-refractivity contribution in [3.8, 4) is 17.3 Å². The summed E-state index contributed by atoms with van der Waals surface area (Å²) in [6, 6.07) is 14.2. The number of aromatic nitrogens is 5. The summed E-state index contributed by atoms with van der Waals surface area (Å²) < 4.78 is 10.2. The second-order valence-electron chi connectivity index (χ2n) is 12.5. The molecule has 3 aliphatic rings. The van der Waals surface area contributed by atoms with Crippen molar-refractivity contribution >= 4 is 39.5 Å². The zero-order valence-electron chi connectivity index (χ0n) is 24.7. The molecule has 0 radical (unpaired) electrons. The maximum absolute atomic E-state index is 13.7. The van der Waals surface area contributed by atoms with E-state index < -0.39 is 0 Å². The molecule has 43 heavy (non-hydrogen) atoms. The van der Waals surface area contributed by atoms with Crippen molar-refractivity contribution in [3.05, 3.63) is 59.9 Å². The highest BCUT2D eigenvalue weighted by molar-refractivity contribution is 6.00. The predicted octanol–water partition coefficient (Wildman–Crippen LogP) is 5.02. The molecule has 2 bridgehead atoms. The maximum atomic E-state index is 13.7. The quantitative estimate of drug-likeness (QED) is 0.280. The number of carbonyl (C=O) groups is 1. The van der Waals surface area contributed by atoms with Crippen LogP contribution >= 0.6 is 0 Å². The Morgan fingerprint density at radius 3 is 2.65 bits per heavy atom. The number of ether oxygens (including phenoxy) is 1. The van der Waals surface area contributed by atoms with E-state index in [1.165, 1.54) is 12.8 Å². The summed E-state index contributed by atoms with van der Waals surface area (Å²) in [7, 11) is 3.66. The van der Waals surface area contributed by atoms with Crippen LogP contribution in [0.3, 0.4) is 0 Å². The summed E-state index contributed by atoms with van der Waals surface area (Å²) in [6.45, 7) is 3.58. The van der Waals surface area contributed by atoms with Gasteiger partial charge in [0, 0.05) is 48.9 Å². The van der Waals surface area contributed by atoms with E-state index in [4.69, 9.17) is 20.4 Å². The molecule has 3 fully saturated rings. The Kier molecular flexibility index (Phi) is 5.98. The van der Waals surface area contributed by atoms with Gasteiger partial charge in [0.05, 0.1) is 30.2 Å². The number of benzene rings is 1. The van der Waals surface area contributed by atoms with Crippen molar-refractivity contribution in [1.82, 2.24) is 29.0 Å². The number of likely N-dealkylation sites (tertiary alicyclic amines) is 1. The number of fused-ring (bicyclic) bond motifs is 4. The van der Waals surface area contributed by atoms with Crippen LogP contribution in [0.25, 0.3) is 33.6 Å². The van der Waals surface area contributed by atoms with Crippen LogP contribution in [0, 0.1) is 18.8 Å². The Morgan fingerprint density at radius 1 is 1.09 bits per heavy atom. The Balaban J connectivity index is 1.20. The molecule has 1 amide bonds. The normalized spacial score (nSPS) is 21.3. The minimum absolute atomic E-state index is 0.00547. The molecule has 2 saturated carbocycles. The van der Waals surface area contributed by atoms with Gasteiger partial charge in [-0.1, -0.05) is 0 Å². The van der Waals surface area contributed by atoms with E-state index >= 15 is 0 Å². The third-order valence-electron chi connectivity index (χ3n) is 9.61. The van der Waals surface area contributed by atoms with Gasteiger partial charge < -0.3 is 29.8 Å². The van der Waals surface area contributed by atoms with Gasteiger partial charge in [-0.25, -0.2) is 9.97 Å². The van der Waals surface area contributed by atoms with Gasteiger partial charge in [0.15, 0.2) is 5.82 Å². The lowest BCUT2D eigenvalue weighted by Crippen LogP contribution is -2.41. The molecule has 2 aliphatic carbocycles. The summed E-state index contributed by atoms with van der Waals surface area (Å²) in [5.41, 5.74) is 12.4. The molecule has 1 saturated heterocycles. The monoisotopic (exact) mass is 576 g/mol. The molecule has 1 aromatic carbocycles. The standard InChI is InChI=1S/C33H36N8O2/c1-18-4-9-23(15-35-18)36-28-11-8-20-13-26(40(31(20)38-28)16-19-5-6-19)32-37-24-12-22(14-27(43-3)30(24)39(32)2)33(42)41-17-21-7-10-25(41)29(21)34/h4,8-9,11-15,19,21,25,29H,5-7,10,16-17,34H2,1-3H3,(H,36,38). The molecule has 3 N–H and O–H groups in total. The van der Waals surface area contributed by atoms with Crippen LogP contribution in [0.4, 0.5) is 11.5 Å². The first-order valence-electron chi connectivity index (χ1n) is 15.2. The molecule has 3 atom stereocenters. The largest absolute Gasteiger partial charge is 0.494 e. The van der Waals surface area contributed by atoms with Crippen molar-refractivity contribution < 1.29 is 9.53 Å². The summed E-state index contributed by atoms with van der Waals surface area (Å²) in [4.78, 5) is 30.2. The smallest absolute Gasteiger partial charge is 0.254 e. The molecule has 0 spiro atoms. The number of nitrogens with two attached hydrogens (primary N) is 1. The summed E-state index contributed by atoms with van der Waals surface area (Å²) >= 11 is 0. The van der Waals surface area contributed by atoms with Crippen LogP contribution in [0.15, 0.2) is 48.7 Å². The minimum Gasteiger partial charge on any atom is -0.494 e. The van der Waals surface area contributed by atoms with Gasteiger partial charge in [-0.3, -0.25) is 9.78 Å². The topological polar surface area (TPSA) is 116 Å². The zero-order chi connectivity index (χ0) is 29.4. The van der Waals surface area contributed by atoms with E-state index in [0.717, 1.165) is 76.7 Å². The highest BCUT2D eigenvalue weighted by atomic mass is 16.5. The lowest BCUT2D eigenvalue weighted by atomic mass is 10.1. The maximum Gasteiger partial charge on any atom is 0.254 e. The van der Waals surface area contributed by atoms with Crippen LogP contribution in [-0.4, -0.2) is 60.6 Å². The molecule has 1 aliphatic heterocycles. The number of imidazole rings is 1.